The van der Waals surface area contributed by atoms with Gasteiger partial charge in [-0.3, -0.25) is 0 Å². The number of hydrogen-bond acceptors (Lipinski definition) is 2. The third-order valence-electron chi connectivity index (χ3n) is 5.12. The van der Waals surface area contributed by atoms with E-state index in [1.165, 1.54) is 48.1 Å². The third kappa shape index (κ3) is 2.35. The molecule has 2 atom stereocenters. The average Bonchev–Trinajstić information content (AvgIpc) is 2.62. The molecule has 2 fully saturated rings. The van der Waals surface area contributed by atoms with E-state index in [2.05, 4.69) is 50.0 Å². The molecule has 1 aromatic carbocycles. The molecular weight excluding hydrogens is 244 g/mol. The fourth-order valence-corrected chi connectivity index (χ4v) is 4.58. The van der Waals surface area contributed by atoms with Crippen molar-refractivity contribution in [3.63, 3.8) is 0 Å². The minimum Gasteiger partial charge on any atom is -0.365 e. The summed E-state index contributed by atoms with van der Waals surface area (Å²) in [6.45, 7) is 10.1. The summed E-state index contributed by atoms with van der Waals surface area (Å²) in [6.07, 6.45) is 5.38. The number of piperidine rings is 1. The number of nitrogens with zero attached hydrogens (tertiary/aromatic N) is 1. The number of fused-ring (bicyclic) bond motifs is 2. The van der Waals surface area contributed by atoms with E-state index in [0.717, 1.165) is 24.7 Å². The van der Waals surface area contributed by atoms with Crippen molar-refractivity contribution in [2.75, 3.05) is 11.4 Å². The molecule has 0 amide bonds. The summed E-state index contributed by atoms with van der Waals surface area (Å²) in [4.78, 5) is 2.76. The first kappa shape index (κ1) is 13.9. The van der Waals surface area contributed by atoms with Gasteiger partial charge in [0.25, 0.3) is 0 Å². The number of nitrogens with one attached hydrogen (secondary N) is 1. The molecule has 20 heavy (non-hydrogen) atoms. The lowest BCUT2D eigenvalue weighted by Crippen LogP contribution is -2.49. The molecular formula is C18H28N2. The molecule has 0 aliphatic carbocycles. The number of anilines is 1. The van der Waals surface area contributed by atoms with Gasteiger partial charge in [-0.1, -0.05) is 24.6 Å². The van der Waals surface area contributed by atoms with E-state index in [4.69, 9.17) is 0 Å². The summed E-state index contributed by atoms with van der Waals surface area (Å²) < 4.78 is 0. The molecule has 0 spiro atoms. The van der Waals surface area contributed by atoms with Crippen LogP contribution in [0.25, 0.3) is 0 Å². The fraction of sp³-hybridized carbons (Fsp3) is 0.667. The molecule has 2 saturated heterocycles. The van der Waals surface area contributed by atoms with Gasteiger partial charge in [0.1, 0.15) is 0 Å². The van der Waals surface area contributed by atoms with Gasteiger partial charge in [0, 0.05) is 23.8 Å². The first-order valence-electron chi connectivity index (χ1n) is 8.19. The van der Waals surface area contributed by atoms with Gasteiger partial charge < -0.3 is 10.2 Å². The predicted molar refractivity (Wildman–Crippen MR) is 86.6 cm³/mol. The van der Waals surface area contributed by atoms with Crippen molar-refractivity contribution < 1.29 is 0 Å². The van der Waals surface area contributed by atoms with E-state index in [9.17, 15) is 0 Å². The van der Waals surface area contributed by atoms with Crippen molar-refractivity contribution in [1.82, 2.24) is 5.32 Å². The molecule has 2 aliphatic heterocycles. The lowest BCUT2D eigenvalue weighted by Gasteiger charge is -2.42. The Morgan fingerprint density at radius 2 is 1.60 bits per heavy atom. The lowest BCUT2D eigenvalue weighted by molar-refractivity contribution is 0.361. The zero-order valence-corrected chi connectivity index (χ0v) is 13.4. The van der Waals surface area contributed by atoms with Crippen LogP contribution >= 0.6 is 0 Å². The van der Waals surface area contributed by atoms with Crippen LogP contribution in [0, 0.1) is 20.8 Å². The summed E-state index contributed by atoms with van der Waals surface area (Å²) in [5, 5.41) is 3.67. The summed E-state index contributed by atoms with van der Waals surface area (Å²) in [6, 6.07) is 6.92. The molecule has 2 unspecified atom stereocenters. The van der Waals surface area contributed by atoms with Gasteiger partial charge in [0.2, 0.25) is 0 Å². The Kier molecular flexibility index (Phi) is 3.76. The highest BCUT2D eigenvalue weighted by molar-refractivity contribution is 5.62. The smallest absolute Gasteiger partial charge is 0.0430 e. The summed E-state index contributed by atoms with van der Waals surface area (Å²) >= 11 is 0. The second-order valence-corrected chi connectivity index (χ2v) is 6.77. The van der Waals surface area contributed by atoms with Crippen LogP contribution in [0.15, 0.2) is 12.1 Å². The van der Waals surface area contributed by atoms with Crippen LogP contribution in [-0.2, 0) is 0 Å². The van der Waals surface area contributed by atoms with Crippen LogP contribution in [0.3, 0.4) is 0 Å². The van der Waals surface area contributed by atoms with Gasteiger partial charge in [0.05, 0.1) is 0 Å². The highest BCUT2D eigenvalue weighted by atomic mass is 15.2. The molecule has 0 saturated carbocycles. The summed E-state index contributed by atoms with van der Waals surface area (Å²) in [7, 11) is 0. The molecule has 3 rings (SSSR count). The van der Waals surface area contributed by atoms with Gasteiger partial charge in [-0.15, -0.1) is 0 Å². The van der Waals surface area contributed by atoms with Crippen molar-refractivity contribution in [3.8, 4) is 0 Å². The van der Waals surface area contributed by atoms with E-state index >= 15 is 0 Å². The van der Waals surface area contributed by atoms with Crippen LogP contribution < -0.4 is 10.2 Å². The first-order chi connectivity index (χ1) is 9.60. The van der Waals surface area contributed by atoms with Crippen molar-refractivity contribution in [2.24, 2.45) is 0 Å². The molecule has 2 aliphatic rings. The maximum Gasteiger partial charge on any atom is 0.0430 e. The lowest BCUT2D eigenvalue weighted by atomic mass is 9.94. The molecule has 2 bridgehead atoms. The van der Waals surface area contributed by atoms with E-state index in [1.54, 1.807) is 0 Å². The van der Waals surface area contributed by atoms with E-state index in [0.29, 0.717) is 0 Å². The Morgan fingerprint density at radius 3 is 2.10 bits per heavy atom. The SMILES string of the molecule is CCNC1CC2CCC(C1)N2c1c(C)cc(C)cc1C. The quantitative estimate of drug-likeness (QED) is 0.902. The van der Waals surface area contributed by atoms with E-state index < -0.39 is 0 Å². The number of aryl methyl sites for hydroxylation is 3. The van der Waals surface area contributed by atoms with Crippen molar-refractivity contribution >= 4 is 5.69 Å². The standard InChI is InChI=1S/C18H28N2/c1-5-19-15-10-16-6-7-17(11-15)20(16)18-13(3)8-12(2)9-14(18)4/h8-9,15-17,19H,5-7,10-11H2,1-4H3. The second kappa shape index (κ2) is 5.40. The number of hydrogen-bond donors (Lipinski definition) is 1. The molecule has 110 valence electrons. The topological polar surface area (TPSA) is 15.3 Å². The minimum absolute atomic E-state index is 0.736. The van der Waals surface area contributed by atoms with Crippen molar-refractivity contribution in [2.45, 2.75) is 71.5 Å². The van der Waals surface area contributed by atoms with Crippen LogP contribution in [0.5, 0.6) is 0 Å². The Morgan fingerprint density at radius 1 is 1.05 bits per heavy atom. The van der Waals surface area contributed by atoms with E-state index in [1.807, 2.05) is 0 Å². The van der Waals surface area contributed by atoms with Crippen LogP contribution in [0.4, 0.5) is 5.69 Å². The molecule has 0 aromatic heterocycles. The third-order valence-corrected chi connectivity index (χ3v) is 5.12. The number of benzene rings is 1. The van der Waals surface area contributed by atoms with Crippen LogP contribution in [0.1, 0.15) is 49.3 Å². The molecule has 2 nitrogen and oxygen atoms in total. The van der Waals surface area contributed by atoms with Gasteiger partial charge >= 0.3 is 0 Å². The van der Waals surface area contributed by atoms with Gasteiger partial charge in [-0.05, 0) is 64.1 Å². The van der Waals surface area contributed by atoms with Gasteiger partial charge in [-0.2, -0.15) is 0 Å². The zero-order valence-electron chi connectivity index (χ0n) is 13.4. The fourth-order valence-electron chi connectivity index (χ4n) is 4.58. The van der Waals surface area contributed by atoms with Crippen LogP contribution in [-0.4, -0.2) is 24.7 Å². The Labute approximate surface area is 123 Å². The van der Waals surface area contributed by atoms with Gasteiger partial charge in [0.15, 0.2) is 0 Å². The monoisotopic (exact) mass is 272 g/mol. The molecule has 2 heterocycles. The summed E-state index contributed by atoms with van der Waals surface area (Å²) in [5.74, 6) is 0. The largest absolute Gasteiger partial charge is 0.365 e. The molecule has 0 radical (unpaired) electrons. The summed E-state index contributed by atoms with van der Waals surface area (Å²) in [5.41, 5.74) is 5.83. The Balaban J connectivity index is 1.89. The first-order valence-corrected chi connectivity index (χ1v) is 8.19. The Hall–Kier alpha value is -1.02. The van der Waals surface area contributed by atoms with E-state index in [-0.39, 0.29) is 0 Å². The Bertz CT molecular complexity index is 457. The normalized spacial score (nSPS) is 29.0. The highest BCUT2D eigenvalue weighted by Gasteiger charge is 2.41. The number of rotatable bonds is 3. The molecule has 1 N–H and O–H groups in total. The molecule has 1 aromatic rings. The molecule has 2 heteroatoms. The van der Waals surface area contributed by atoms with Crippen molar-refractivity contribution in [3.05, 3.63) is 28.8 Å². The minimum atomic E-state index is 0.736. The highest BCUT2D eigenvalue weighted by Crippen LogP contribution is 2.42. The van der Waals surface area contributed by atoms with Gasteiger partial charge in [-0.25, -0.2) is 0 Å². The maximum absolute atomic E-state index is 3.67. The van der Waals surface area contributed by atoms with Crippen LogP contribution in [0.2, 0.25) is 0 Å². The van der Waals surface area contributed by atoms with Crippen molar-refractivity contribution in [1.29, 1.82) is 0 Å². The second-order valence-electron chi connectivity index (χ2n) is 6.77. The maximum atomic E-state index is 3.67. The predicted octanol–water partition coefficient (Wildman–Crippen LogP) is 3.72. The zero-order chi connectivity index (χ0) is 14.3. The average molecular weight is 272 g/mol.